The Balaban J connectivity index is 1.65. The predicted octanol–water partition coefficient (Wildman–Crippen LogP) is 5.59. The van der Waals surface area contributed by atoms with Crippen LogP contribution < -0.4 is 16.0 Å². The third-order valence-corrected chi connectivity index (χ3v) is 8.19. The number of rotatable bonds is 17. The number of amides is 2. The van der Waals surface area contributed by atoms with Crippen LogP contribution >= 0.6 is 0 Å². The van der Waals surface area contributed by atoms with Crippen molar-refractivity contribution in [1.82, 2.24) is 16.0 Å². The van der Waals surface area contributed by atoms with Crippen LogP contribution in [0.3, 0.4) is 0 Å². The Kier molecular flexibility index (Phi) is 13.6. The van der Waals surface area contributed by atoms with Gasteiger partial charge in [-0.1, -0.05) is 121 Å². The van der Waals surface area contributed by atoms with E-state index in [9.17, 15) is 14.7 Å². The summed E-state index contributed by atoms with van der Waals surface area (Å²) in [5.41, 5.74) is 2.09. The van der Waals surface area contributed by atoms with Crippen molar-refractivity contribution >= 4 is 22.6 Å². The standard InChI is InChI=1S/C36H51N3O4/c1-7-26(6)34(36(42)37-21-27-14-9-8-10-15-27)39-35(41)31(24(2)3)20-33(40)32(38-25(4)5)23-43-22-29-18-13-17-28-16-11-12-19-30(28)29/h8-19,24-26,31-34,38,40H,7,20-23H2,1-6H3,(H,37,42)(H,39,41). The molecule has 0 radical (unpaired) electrons. The van der Waals surface area contributed by atoms with E-state index >= 15 is 0 Å². The molecule has 7 heteroatoms. The summed E-state index contributed by atoms with van der Waals surface area (Å²) in [6, 6.07) is 23.2. The van der Waals surface area contributed by atoms with Crippen LogP contribution in [-0.2, 0) is 27.5 Å². The van der Waals surface area contributed by atoms with Crippen molar-refractivity contribution < 1.29 is 19.4 Å². The molecular formula is C36H51N3O4. The number of benzene rings is 3. The number of carbonyl (C=O) groups is 2. The molecule has 0 saturated heterocycles. The summed E-state index contributed by atoms with van der Waals surface area (Å²) in [6.07, 6.45) is 0.180. The van der Waals surface area contributed by atoms with Crippen LogP contribution in [0, 0.1) is 17.8 Å². The second kappa shape index (κ2) is 17.1. The average molecular weight is 590 g/mol. The lowest BCUT2D eigenvalue weighted by molar-refractivity contribution is -0.134. The highest BCUT2D eigenvalue weighted by molar-refractivity contribution is 5.89. The van der Waals surface area contributed by atoms with Crippen molar-refractivity contribution in [3.63, 3.8) is 0 Å². The molecule has 0 aliphatic rings. The van der Waals surface area contributed by atoms with Crippen molar-refractivity contribution in [2.24, 2.45) is 17.8 Å². The summed E-state index contributed by atoms with van der Waals surface area (Å²) in [7, 11) is 0. The highest BCUT2D eigenvalue weighted by atomic mass is 16.5. The van der Waals surface area contributed by atoms with Crippen LogP contribution in [0.1, 0.15) is 65.5 Å². The van der Waals surface area contributed by atoms with E-state index in [4.69, 9.17) is 4.74 Å². The van der Waals surface area contributed by atoms with Crippen molar-refractivity contribution in [3.8, 4) is 0 Å². The maximum atomic E-state index is 13.6. The van der Waals surface area contributed by atoms with Crippen LogP contribution in [0.25, 0.3) is 10.8 Å². The lowest BCUT2D eigenvalue weighted by Gasteiger charge is -2.31. The molecule has 0 bridgehead atoms. The lowest BCUT2D eigenvalue weighted by atomic mass is 9.86. The van der Waals surface area contributed by atoms with Gasteiger partial charge in [0.05, 0.1) is 25.4 Å². The first-order chi connectivity index (χ1) is 20.6. The average Bonchev–Trinajstić information content (AvgIpc) is 3.00. The Morgan fingerprint density at radius 2 is 1.53 bits per heavy atom. The summed E-state index contributed by atoms with van der Waals surface area (Å²) < 4.78 is 6.14. The topological polar surface area (TPSA) is 99.7 Å². The summed E-state index contributed by atoms with van der Waals surface area (Å²) in [5.74, 6) is -0.964. The number of nitrogens with one attached hydrogen (secondary N) is 3. The molecule has 234 valence electrons. The quantitative estimate of drug-likeness (QED) is 0.164. The summed E-state index contributed by atoms with van der Waals surface area (Å²) >= 11 is 0. The first-order valence-electron chi connectivity index (χ1n) is 15.7. The van der Waals surface area contributed by atoms with Crippen LogP contribution in [0.5, 0.6) is 0 Å². The van der Waals surface area contributed by atoms with E-state index in [-0.39, 0.29) is 42.2 Å². The van der Waals surface area contributed by atoms with E-state index < -0.39 is 18.1 Å². The highest BCUT2D eigenvalue weighted by Crippen LogP contribution is 2.22. The maximum Gasteiger partial charge on any atom is 0.243 e. The minimum Gasteiger partial charge on any atom is -0.391 e. The molecule has 0 heterocycles. The molecule has 0 aromatic heterocycles. The minimum atomic E-state index is -0.818. The van der Waals surface area contributed by atoms with Gasteiger partial charge in [0.1, 0.15) is 6.04 Å². The van der Waals surface area contributed by atoms with Gasteiger partial charge in [-0.15, -0.1) is 0 Å². The molecule has 2 amide bonds. The molecule has 5 atom stereocenters. The minimum absolute atomic E-state index is 0.0316. The molecule has 0 aliphatic heterocycles. The summed E-state index contributed by atoms with van der Waals surface area (Å²) in [6.45, 7) is 13.1. The molecular weight excluding hydrogens is 538 g/mol. The molecule has 3 rings (SSSR count). The Labute approximate surface area is 257 Å². The van der Waals surface area contributed by atoms with Crippen molar-refractivity contribution in [1.29, 1.82) is 0 Å². The van der Waals surface area contributed by atoms with Gasteiger partial charge in [-0.2, -0.15) is 0 Å². The molecule has 0 fully saturated rings. The predicted molar refractivity (Wildman–Crippen MR) is 174 cm³/mol. The fourth-order valence-corrected chi connectivity index (χ4v) is 5.38. The van der Waals surface area contributed by atoms with Gasteiger partial charge < -0.3 is 25.8 Å². The van der Waals surface area contributed by atoms with Gasteiger partial charge in [0.2, 0.25) is 11.8 Å². The Morgan fingerprint density at radius 3 is 2.21 bits per heavy atom. The zero-order chi connectivity index (χ0) is 31.4. The number of hydrogen-bond acceptors (Lipinski definition) is 5. The highest BCUT2D eigenvalue weighted by Gasteiger charge is 2.33. The third-order valence-electron chi connectivity index (χ3n) is 8.19. The van der Waals surface area contributed by atoms with Gasteiger partial charge >= 0.3 is 0 Å². The zero-order valence-corrected chi connectivity index (χ0v) is 26.7. The molecule has 7 nitrogen and oxygen atoms in total. The Morgan fingerprint density at radius 1 is 0.860 bits per heavy atom. The van der Waals surface area contributed by atoms with Crippen LogP contribution in [0.4, 0.5) is 0 Å². The largest absolute Gasteiger partial charge is 0.391 e. The molecule has 43 heavy (non-hydrogen) atoms. The molecule has 5 unspecified atom stereocenters. The Bertz CT molecular complexity index is 1270. The summed E-state index contributed by atoms with van der Waals surface area (Å²) in [4.78, 5) is 26.9. The number of aliphatic hydroxyl groups excluding tert-OH is 1. The number of hydrogen-bond donors (Lipinski definition) is 4. The number of fused-ring (bicyclic) bond motifs is 1. The maximum absolute atomic E-state index is 13.6. The number of carbonyl (C=O) groups excluding carboxylic acids is 2. The molecule has 4 N–H and O–H groups in total. The van der Waals surface area contributed by atoms with Gasteiger partial charge in [-0.3, -0.25) is 9.59 Å². The van der Waals surface area contributed by atoms with E-state index in [0.29, 0.717) is 19.8 Å². The molecule has 0 spiro atoms. The normalized spacial score (nSPS) is 15.2. The SMILES string of the molecule is CCC(C)C(NC(=O)C(CC(O)C(COCc1cccc2ccccc12)NC(C)C)C(C)C)C(=O)NCc1ccccc1. The van der Waals surface area contributed by atoms with Crippen molar-refractivity contribution in [3.05, 3.63) is 83.9 Å². The smallest absolute Gasteiger partial charge is 0.243 e. The van der Waals surface area contributed by atoms with Gasteiger partial charge in [-0.05, 0) is 40.2 Å². The van der Waals surface area contributed by atoms with Crippen LogP contribution in [0.2, 0.25) is 0 Å². The molecule has 0 aliphatic carbocycles. The van der Waals surface area contributed by atoms with E-state index in [2.05, 4.69) is 40.2 Å². The van der Waals surface area contributed by atoms with Gasteiger partial charge in [0, 0.05) is 18.5 Å². The lowest BCUT2D eigenvalue weighted by Crippen LogP contribution is -2.53. The van der Waals surface area contributed by atoms with Gasteiger partial charge in [-0.25, -0.2) is 0 Å². The van der Waals surface area contributed by atoms with Gasteiger partial charge in [0.15, 0.2) is 0 Å². The van der Waals surface area contributed by atoms with Crippen LogP contribution in [-0.4, -0.2) is 47.8 Å². The molecule has 0 saturated carbocycles. The van der Waals surface area contributed by atoms with E-state index in [1.165, 1.54) is 0 Å². The number of ether oxygens (including phenoxy) is 1. The second-order valence-electron chi connectivity index (χ2n) is 12.3. The molecule has 3 aromatic carbocycles. The van der Waals surface area contributed by atoms with Crippen molar-refractivity contribution in [2.45, 2.75) is 91.8 Å². The monoisotopic (exact) mass is 589 g/mol. The molecule has 3 aromatic rings. The van der Waals surface area contributed by atoms with E-state index in [0.717, 1.165) is 28.3 Å². The third kappa shape index (κ3) is 10.4. The fraction of sp³-hybridized carbons (Fsp3) is 0.500. The first kappa shape index (κ1) is 34.2. The Hall–Kier alpha value is -3.26. The van der Waals surface area contributed by atoms with E-state index in [1.54, 1.807) is 0 Å². The van der Waals surface area contributed by atoms with Crippen molar-refractivity contribution in [2.75, 3.05) is 6.61 Å². The van der Waals surface area contributed by atoms with Crippen LogP contribution in [0.15, 0.2) is 72.8 Å². The van der Waals surface area contributed by atoms with E-state index in [1.807, 2.05) is 90.1 Å². The zero-order valence-electron chi connectivity index (χ0n) is 26.7. The first-order valence-corrected chi connectivity index (χ1v) is 15.7. The summed E-state index contributed by atoms with van der Waals surface area (Å²) in [5, 5.41) is 23.2. The fourth-order valence-electron chi connectivity index (χ4n) is 5.38. The van der Waals surface area contributed by atoms with Gasteiger partial charge in [0.25, 0.3) is 0 Å². The second-order valence-corrected chi connectivity index (χ2v) is 12.3. The number of aliphatic hydroxyl groups is 1.